The fourth-order valence-electron chi connectivity index (χ4n) is 0.981. The SMILES string of the molecule is CC(=O)CC(=O)Nc1nc(C)cc(Cl)n1. The minimum absolute atomic E-state index is 0.117. The number of Topliss-reactive ketones (excluding diaryl/α,β-unsaturated/α-hetero) is 1. The zero-order valence-electron chi connectivity index (χ0n) is 8.37. The van der Waals surface area contributed by atoms with Crippen molar-refractivity contribution in [2.24, 2.45) is 0 Å². The van der Waals surface area contributed by atoms with E-state index in [1.807, 2.05) is 0 Å². The first kappa shape index (κ1) is 11.6. The number of carbonyl (C=O) groups excluding carboxylic acids is 2. The molecule has 1 heterocycles. The van der Waals surface area contributed by atoms with Crippen LogP contribution in [0.25, 0.3) is 0 Å². The molecule has 0 bridgehead atoms. The molecule has 1 N–H and O–H groups in total. The van der Waals surface area contributed by atoms with Crippen molar-refractivity contribution >= 4 is 29.2 Å². The van der Waals surface area contributed by atoms with Gasteiger partial charge in [0.05, 0.1) is 6.42 Å². The van der Waals surface area contributed by atoms with E-state index >= 15 is 0 Å². The third-order valence-electron chi connectivity index (χ3n) is 1.48. The second-order valence-electron chi connectivity index (χ2n) is 3.08. The summed E-state index contributed by atoms with van der Waals surface area (Å²) in [5.74, 6) is -0.540. The number of ketones is 1. The van der Waals surface area contributed by atoms with E-state index in [0.717, 1.165) is 0 Å². The molecule has 0 radical (unpaired) electrons. The summed E-state index contributed by atoms with van der Waals surface area (Å²) in [6.45, 7) is 3.07. The molecule has 0 spiro atoms. The smallest absolute Gasteiger partial charge is 0.234 e. The highest BCUT2D eigenvalue weighted by molar-refractivity contribution is 6.29. The van der Waals surface area contributed by atoms with Crippen molar-refractivity contribution < 1.29 is 9.59 Å². The van der Waals surface area contributed by atoms with Crippen LogP contribution < -0.4 is 5.32 Å². The quantitative estimate of drug-likeness (QED) is 0.625. The second-order valence-corrected chi connectivity index (χ2v) is 3.47. The molecule has 1 rings (SSSR count). The fourth-order valence-corrected chi connectivity index (χ4v) is 1.22. The molecule has 6 heteroatoms. The number of aryl methyl sites for hydroxylation is 1. The fraction of sp³-hybridized carbons (Fsp3) is 0.333. The Morgan fingerprint density at radius 3 is 2.67 bits per heavy atom. The van der Waals surface area contributed by atoms with Gasteiger partial charge in [-0.05, 0) is 19.9 Å². The maximum atomic E-state index is 11.2. The van der Waals surface area contributed by atoms with Crippen molar-refractivity contribution in [2.75, 3.05) is 5.32 Å². The lowest BCUT2D eigenvalue weighted by molar-refractivity contribution is -0.124. The number of amides is 1. The van der Waals surface area contributed by atoms with Crippen LogP contribution in [0.15, 0.2) is 6.07 Å². The maximum absolute atomic E-state index is 11.2. The minimum atomic E-state index is -0.441. The summed E-state index contributed by atoms with van der Waals surface area (Å²) < 4.78 is 0. The summed E-state index contributed by atoms with van der Waals surface area (Å²) in [6.07, 6.45) is -0.186. The van der Waals surface area contributed by atoms with Gasteiger partial charge in [-0.15, -0.1) is 0 Å². The standard InChI is InChI=1S/C9H10ClN3O2/c1-5-3-7(10)12-9(11-5)13-8(15)4-6(2)14/h3H,4H2,1-2H3,(H,11,12,13,15). The zero-order chi connectivity index (χ0) is 11.4. The predicted octanol–water partition coefficient (Wildman–Crippen LogP) is 1.36. The van der Waals surface area contributed by atoms with Crippen molar-refractivity contribution in [3.8, 4) is 0 Å². The molecule has 0 aliphatic carbocycles. The molecule has 15 heavy (non-hydrogen) atoms. The zero-order valence-corrected chi connectivity index (χ0v) is 9.13. The van der Waals surface area contributed by atoms with E-state index in [1.165, 1.54) is 6.92 Å². The van der Waals surface area contributed by atoms with Gasteiger partial charge in [-0.25, -0.2) is 9.97 Å². The van der Waals surface area contributed by atoms with Gasteiger partial charge in [0.2, 0.25) is 11.9 Å². The van der Waals surface area contributed by atoms with E-state index in [4.69, 9.17) is 11.6 Å². The maximum Gasteiger partial charge on any atom is 0.234 e. The Morgan fingerprint density at radius 1 is 1.47 bits per heavy atom. The third kappa shape index (κ3) is 4.03. The van der Waals surface area contributed by atoms with E-state index in [9.17, 15) is 9.59 Å². The Kier molecular flexibility index (Phi) is 3.74. The van der Waals surface area contributed by atoms with Crippen LogP contribution in [0.4, 0.5) is 5.95 Å². The Morgan fingerprint density at radius 2 is 2.13 bits per heavy atom. The molecule has 0 atom stereocenters. The highest BCUT2D eigenvalue weighted by Crippen LogP contribution is 2.09. The number of nitrogens with one attached hydrogen (secondary N) is 1. The number of halogens is 1. The minimum Gasteiger partial charge on any atom is -0.299 e. The van der Waals surface area contributed by atoms with E-state index in [1.54, 1.807) is 13.0 Å². The molecule has 0 unspecified atom stereocenters. The Hall–Kier alpha value is -1.49. The number of anilines is 1. The van der Waals surface area contributed by atoms with Gasteiger partial charge in [-0.1, -0.05) is 11.6 Å². The van der Waals surface area contributed by atoms with Crippen LogP contribution >= 0.6 is 11.6 Å². The molecule has 0 saturated carbocycles. The molecule has 0 aliphatic heterocycles. The van der Waals surface area contributed by atoms with Crippen LogP contribution in [0.5, 0.6) is 0 Å². The van der Waals surface area contributed by atoms with Crippen molar-refractivity contribution in [1.29, 1.82) is 0 Å². The van der Waals surface area contributed by atoms with Crippen molar-refractivity contribution in [1.82, 2.24) is 9.97 Å². The summed E-state index contributed by atoms with van der Waals surface area (Å²) in [5.41, 5.74) is 0.646. The molecule has 1 amide bonds. The molecule has 80 valence electrons. The average Bonchev–Trinajstić information content (AvgIpc) is 1.98. The Labute approximate surface area is 91.9 Å². The Balaban J connectivity index is 2.72. The van der Waals surface area contributed by atoms with Gasteiger partial charge in [0.15, 0.2) is 0 Å². The summed E-state index contributed by atoms with van der Waals surface area (Å²) in [6, 6.07) is 1.57. The van der Waals surface area contributed by atoms with Crippen LogP contribution in [0, 0.1) is 6.92 Å². The van der Waals surface area contributed by atoms with Gasteiger partial charge in [0.25, 0.3) is 0 Å². The summed E-state index contributed by atoms with van der Waals surface area (Å²) >= 11 is 5.67. The molecular formula is C9H10ClN3O2. The molecule has 1 aromatic rings. The van der Waals surface area contributed by atoms with E-state index in [-0.39, 0.29) is 23.3 Å². The van der Waals surface area contributed by atoms with Gasteiger partial charge in [-0.3, -0.25) is 14.9 Å². The first-order valence-electron chi connectivity index (χ1n) is 4.28. The summed E-state index contributed by atoms with van der Waals surface area (Å²) in [4.78, 5) is 29.6. The van der Waals surface area contributed by atoms with Gasteiger partial charge in [0.1, 0.15) is 10.9 Å². The van der Waals surface area contributed by atoms with Crippen LogP contribution in [0.2, 0.25) is 5.15 Å². The molecule has 0 fully saturated rings. The normalized spacial score (nSPS) is 9.80. The van der Waals surface area contributed by atoms with Gasteiger partial charge >= 0.3 is 0 Å². The van der Waals surface area contributed by atoms with Crippen molar-refractivity contribution in [3.05, 3.63) is 16.9 Å². The molecular weight excluding hydrogens is 218 g/mol. The lowest BCUT2D eigenvalue weighted by Crippen LogP contribution is -2.16. The number of hydrogen-bond donors (Lipinski definition) is 1. The highest BCUT2D eigenvalue weighted by atomic mass is 35.5. The topological polar surface area (TPSA) is 72.0 Å². The Bertz CT molecular complexity index is 386. The molecule has 0 aromatic carbocycles. The van der Waals surface area contributed by atoms with Crippen LogP contribution in [-0.2, 0) is 9.59 Å². The van der Waals surface area contributed by atoms with Crippen LogP contribution in [-0.4, -0.2) is 21.7 Å². The van der Waals surface area contributed by atoms with Gasteiger partial charge < -0.3 is 0 Å². The van der Waals surface area contributed by atoms with E-state index in [2.05, 4.69) is 15.3 Å². The first-order chi connectivity index (χ1) is 6.97. The third-order valence-corrected chi connectivity index (χ3v) is 1.68. The molecule has 0 saturated heterocycles. The first-order valence-corrected chi connectivity index (χ1v) is 4.65. The number of aromatic nitrogens is 2. The average molecular weight is 228 g/mol. The number of carbonyl (C=O) groups is 2. The molecule has 5 nitrogen and oxygen atoms in total. The number of rotatable bonds is 3. The second kappa shape index (κ2) is 4.84. The number of nitrogens with zero attached hydrogens (tertiary/aromatic N) is 2. The largest absolute Gasteiger partial charge is 0.299 e. The molecule has 1 aromatic heterocycles. The highest BCUT2D eigenvalue weighted by Gasteiger charge is 2.08. The van der Waals surface area contributed by atoms with Crippen LogP contribution in [0.3, 0.4) is 0 Å². The monoisotopic (exact) mass is 227 g/mol. The number of hydrogen-bond acceptors (Lipinski definition) is 4. The van der Waals surface area contributed by atoms with Gasteiger partial charge in [-0.2, -0.15) is 0 Å². The van der Waals surface area contributed by atoms with Crippen molar-refractivity contribution in [3.63, 3.8) is 0 Å². The molecule has 0 aliphatic rings. The lowest BCUT2D eigenvalue weighted by atomic mass is 10.3. The lowest BCUT2D eigenvalue weighted by Gasteiger charge is -2.03. The summed E-state index contributed by atoms with van der Waals surface area (Å²) in [5, 5.41) is 2.64. The van der Waals surface area contributed by atoms with Crippen LogP contribution in [0.1, 0.15) is 19.0 Å². The van der Waals surface area contributed by atoms with Crippen molar-refractivity contribution in [2.45, 2.75) is 20.3 Å². The van der Waals surface area contributed by atoms with E-state index < -0.39 is 5.91 Å². The van der Waals surface area contributed by atoms with E-state index in [0.29, 0.717) is 5.69 Å². The summed E-state index contributed by atoms with van der Waals surface area (Å²) in [7, 11) is 0. The predicted molar refractivity (Wildman–Crippen MR) is 55.7 cm³/mol. The van der Waals surface area contributed by atoms with Gasteiger partial charge in [0, 0.05) is 5.69 Å².